The third-order valence-corrected chi connectivity index (χ3v) is 2.71. The molecule has 0 aliphatic heterocycles. The molecule has 0 aromatic rings. The second kappa shape index (κ2) is 49.6. The molecule has 0 N–H and O–H groups in total. The van der Waals surface area contributed by atoms with Gasteiger partial charge in [-0.15, -0.1) is 6.58 Å². The van der Waals surface area contributed by atoms with E-state index in [4.69, 9.17) is 0 Å². The van der Waals surface area contributed by atoms with Crippen LogP contribution in [-0.2, 0) is 0 Å². The molecule has 0 aromatic carbocycles. The van der Waals surface area contributed by atoms with Gasteiger partial charge in [0.25, 0.3) is 0 Å². The molecule has 0 fully saturated rings. The third kappa shape index (κ3) is 74.2. The predicted molar refractivity (Wildman–Crippen MR) is 119 cm³/mol. The van der Waals surface area contributed by atoms with Crippen molar-refractivity contribution in [2.45, 2.75) is 128 Å². The van der Waals surface area contributed by atoms with Gasteiger partial charge in [-0.05, 0) is 39.5 Å². The van der Waals surface area contributed by atoms with Gasteiger partial charge in [0.05, 0.1) is 0 Å². The Kier molecular flexibility index (Phi) is 82.3. The molecular formula is C23H54. The summed E-state index contributed by atoms with van der Waals surface area (Å²) in [6.07, 6.45) is 16.4. The zero-order chi connectivity index (χ0) is 17.4. The van der Waals surface area contributed by atoms with E-state index in [9.17, 15) is 0 Å². The van der Waals surface area contributed by atoms with Crippen molar-refractivity contribution in [3.05, 3.63) is 24.3 Å². The summed E-state index contributed by atoms with van der Waals surface area (Å²) in [5, 5.41) is 0. The lowest BCUT2D eigenvalue weighted by Crippen LogP contribution is -1.80. The van der Waals surface area contributed by atoms with Gasteiger partial charge in [0.2, 0.25) is 0 Å². The van der Waals surface area contributed by atoms with Gasteiger partial charge in [0.1, 0.15) is 0 Å². The van der Waals surface area contributed by atoms with Gasteiger partial charge in [-0.1, -0.05) is 106 Å². The fourth-order valence-electron chi connectivity index (χ4n) is 1.39. The molecule has 0 radical (unpaired) electrons. The van der Waals surface area contributed by atoms with Crippen LogP contribution in [-0.4, -0.2) is 0 Å². The molecule has 0 saturated carbocycles. The summed E-state index contributed by atoms with van der Waals surface area (Å²) < 4.78 is 0. The van der Waals surface area contributed by atoms with Crippen LogP contribution in [0, 0.1) is 0 Å². The fourth-order valence-corrected chi connectivity index (χ4v) is 1.39. The summed E-state index contributed by atoms with van der Waals surface area (Å²) in [6.45, 7) is 20.5. The van der Waals surface area contributed by atoms with Crippen molar-refractivity contribution in [2.75, 3.05) is 0 Å². The molecule has 0 unspecified atom stereocenters. The molecule has 0 heterocycles. The minimum Gasteiger partial charge on any atom is -0.100 e. The lowest BCUT2D eigenvalue weighted by molar-refractivity contribution is 0.616. The second-order valence-electron chi connectivity index (χ2n) is 4.83. The molecule has 0 aromatic heterocycles. The molecular weight excluding hydrogens is 276 g/mol. The zero-order valence-corrected chi connectivity index (χ0v) is 16.7. The molecule has 0 spiro atoms. The van der Waals surface area contributed by atoms with Gasteiger partial charge in [-0.3, -0.25) is 0 Å². The number of allylic oxidation sites excluding steroid dienone is 3. The molecule has 0 rings (SSSR count). The summed E-state index contributed by atoms with van der Waals surface area (Å²) in [5.41, 5.74) is 1.33. The van der Waals surface area contributed by atoms with E-state index in [1.165, 1.54) is 63.4 Å². The van der Waals surface area contributed by atoms with E-state index in [0.717, 1.165) is 0 Å². The number of unbranched alkanes of at least 4 members (excludes halogenated alkanes) is 6. The fraction of sp³-hybridized carbons (Fsp3) is 0.826. The Bertz CT molecular complexity index is 163. The first-order valence-corrected chi connectivity index (χ1v) is 9.44. The van der Waals surface area contributed by atoms with E-state index < -0.39 is 0 Å². The van der Waals surface area contributed by atoms with E-state index >= 15 is 0 Å². The standard InChI is InChI=1S/C13H24.C4H10.2C2H6.2CH4/c1-4-5-6-7-8-9-10-11-12-13(2)3;1-3-4-2;2*1-2;;/h4-5H,2,6-12H2,1,3H3;3-4H2,1-2H3;2*1-2H3;2*1H4/b5-4-;;;;;. The van der Waals surface area contributed by atoms with Crippen LogP contribution in [0.4, 0.5) is 0 Å². The van der Waals surface area contributed by atoms with E-state index in [-0.39, 0.29) is 14.9 Å². The number of hydrogen-bond acceptors (Lipinski definition) is 0. The highest BCUT2D eigenvalue weighted by Gasteiger charge is 1.90. The average Bonchev–Trinajstić information content (AvgIpc) is 2.54. The Balaban J connectivity index is -0.0000000618. The first-order valence-electron chi connectivity index (χ1n) is 9.44. The molecule has 0 heteroatoms. The van der Waals surface area contributed by atoms with Crippen LogP contribution in [0.1, 0.15) is 128 Å². The van der Waals surface area contributed by atoms with Crippen LogP contribution in [0.2, 0.25) is 0 Å². The maximum atomic E-state index is 3.90. The van der Waals surface area contributed by atoms with Crippen molar-refractivity contribution in [3.63, 3.8) is 0 Å². The SMILES string of the molecule is C.C.C=C(C)CCCCCCC/C=C\C.CC.CC.CCCC. The highest BCUT2D eigenvalue weighted by Crippen LogP contribution is 2.10. The average molecular weight is 331 g/mol. The van der Waals surface area contributed by atoms with Crippen LogP contribution >= 0.6 is 0 Å². The van der Waals surface area contributed by atoms with Gasteiger partial charge in [0, 0.05) is 0 Å². The minimum absolute atomic E-state index is 0. The Hall–Kier alpha value is -0.520. The molecule has 0 amide bonds. The summed E-state index contributed by atoms with van der Waals surface area (Å²) in [7, 11) is 0. The van der Waals surface area contributed by atoms with Gasteiger partial charge in [-0.2, -0.15) is 0 Å². The monoisotopic (exact) mass is 330 g/mol. The van der Waals surface area contributed by atoms with Crippen molar-refractivity contribution in [3.8, 4) is 0 Å². The lowest BCUT2D eigenvalue weighted by atomic mass is 10.1. The van der Waals surface area contributed by atoms with Crippen LogP contribution in [0.5, 0.6) is 0 Å². The second-order valence-corrected chi connectivity index (χ2v) is 4.83. The Morgan fingerprint density at radius 2 is 1.17 bits per heavy atom. The minimum atomic E-state index is 0. The highest BCUT2D eigenvalue weighted by molar-refractivity contribution is 4.87. The van der Waals surface area contributed by atoms with Crippen molar-refractivity contribution < 1.29 is 0 Å². The van der Waals surface area contributed by atoms with Crippen LogP contribution in [0.25, 0.3) is 0 Å². The molecule has 0 aliphatic rings. The molecule has 0 aliphatic carbocycles. The summed E-state index contributed by atoms with van der Waals surface area (Å²) in [5.74, 6) is 0. The molecule has 146 valence electrons. The molecule has 0 saturated heterocycles. The quantitative estimate of drug-likeness (QED) is 0.291. The van der Waals surface area contributed by atoms with Crippen molar-refractivity contribution in [1.82, 2.24) is 0 Å². The Labute approximate surface area is 152 Å². The third-order valence-electron chi connectivity index (χ3n) is 2.71. The van der Waals surface area contributed by atoms with Crippen LogP contribution in [0.15, 0.2) is 24.3 Å². The lowest BCUT2D eigenvalue weighted by Gasteiger charge is -2.00. The van der Waals surface area contributed by atoms with Gasteiger partial charge in [0.15, 0.2) is 0 Å². The first kappa shape index (κ1) is 38.2. The first-order chi connectivity index (χ1) is 10.2. The van der Waals surface area contributed by atoms with Gasteiger partial charge >= 0.3 is 0 Å². The zero-order valence-electron chi connectivity index (χ0n) is 16.7. The van der Waals surface area contributed by atoms with Crippen LogP contribution in [0.3, 0.4) is 0 Å². The number of rotatable bonds is 9. The summed E-state index contributed by atoms with van der Waals surface area (Å²) >= 11 is 0. The summed E-state index contributed by atoms with van der Waals surface area (Å²) in [4.78, 5) is 0. The Morgan fingerprint density at radius 1 is 0.783 bits per heavy atom. The van der Waals surface area contributed by atoms with Crippen molar-refractivity contribution in [1.29, 1.82) is 0 Å². The van der Waals surface area contributed by atoms with Crippen molar-refractivity contribution >= 4 is 0 Å². The maximum absolute atomic E-state index is 3.90. The van der Waals surface area contributed by atoms with Gasteiger partial charge < -0.3 is 0 Å². The molecule has 23 heavy (non-hydrogen) atoms. The van der Waals surface area contributed by atoms with Crippen LogP contribution < -0.4 is 0 Å². The predicted octanol–water partition coefficient (Wildman–Crippen LogP) is 10.0. The topological polar surface area (TPSA) is 0 Å². The van der Waals surface area contributed by atoms with E-state index in [1.54, 1.807) is 0 Å². The molecule has 0 atom stereocenters. The molecule has 0 nitrogen and oxygen atoms in total. The van der Waals surface area contributed by atoms with E-state index in [1.807, 2.05) is 27.7 Å². The maximum Gasteiger partial charge on any atom is -0.0326 e. The smallest absolute Gasteiger partial charge is 0.0326 e. The normalized spacial score (nSPS) is 8.00. The molecule has 0 bridgehead atoms. The number of hydrogen-bond donors (Lipinski definition) is 0. The largest absolute Gasteiger partial charge is 0.100 e. The van der Waals surface area contributed by atoms with Gasteiger partial charge in [-0.25, -0.2) is 0 Å². The highest BCUT2D eigenvalue weighted by atomic mass is 14.0. The summed E-state index contributed by atoms with van der Waals surface area (Å²) in [6, 6.07) is 0. The van der Waals surface area contributed by atoms with E-state index in [2.05, 4.69) is 46.4 Å². The van der Waals surface area contributed by atoms with E-state index in [0.29, 0.717) is 0 Å². The van der Waals surface area contributed by atoms with Crippen molar-refractivity contribution in [2.24, 2.45) is 0 Å². The Morgan fingerprint density at radius 3 is 1.52 bits per heavy atom.